The van der Waals surface area contributed by atoms with Crippen molar-refractivity contribution in [2.24, 2.45) is 0 Å². The van der Waals surface area contributed by atoms with Crippen LogP contribution in [0.1, 0.15) is 39.6 Å². The summed E-state index contributed by atoms with van der Waals surface area (Å²) in [5.74, 6) is 2.46. The van der Waals surface area contributed by atoms with Gasteiger partial charge in [0.05, 0.1) is 17.9 Å². The number of hydrogen-bond donors (Lipinski definition) is 0. The molecule has 0 bridgehead atoms. The van der Waals surface area contributed by atoms with E-state index in [9.17, 15) is 9.59 Å². The van der Waals surface area contributed by atoms with Crippen molar-refractivity contribution in [2.75, 3.05) is 13.2 Å². The Morgan fingerprint density at radius 2 is 1.59 bits per heavy atom. The molecule has 0 saturated carbocycles. The Balaban J connectivity index is 1.27. The zero-order valence-electron chi connectivity index (χ0n) is 19.6. The standard InChI is InChI=1S/C30H20O7/c31-27-16-20(22-11-10-21(35-22)18-4-2-1-3-5-18)28-24(36-27)9-7-19-29(32)26(37-30(19)28)15-17-6-8-23-25(14-17)34-13-12-33-23/h1-11,14-15,20H,12-13,16H2/b26-15-/t20-/m0/s1. The molecule has 0 fully saturated rings. The van der Waals surface area contributed by atoms with Crippen molar-refractivity contribution in [3.8, 4) is 34.3 Å². The molecule has 0 N–H and O–H groups in total. The molecule has 0 amide bonds. The third-order valence-electron chi connectivity index (χ3n) is 6.67. The van der Waals surface area contributed by atoms with Gasteiger partial charge in [-0.05, 0) is 48.0 Å². The van der Waals surface area contributed by atoms with Gasteiger partial charge in [0.2, 0.25) is 5.78 Å². The van der Waals surface area contributed by atoms with Gasteiger partial charge in [-0.25, -0.2) is 0 Å². The lowest BCUT2D eigenvalue weighted by molar-refractivity contribution is -0.135. The predicted octanol–water partition coefficient (Wildman–Crippen LogP) is 5.78. The van der Waals surface area contributed by atoms with Crippen molar-refractivity contribution in [1.29, 1.82) is 0 Å². The highest BCUT2D eigenvalue weighted by molar-refractivity contribution is 6.15. The van der Waals surface area contributed by atoms with Gasteiger partial charge in [0.15, 0.2) is 17.3 Å². The number of fused-ring (bicyclic) bond motifs is 4. The molecule has 7 heteroatoms. The van der Waals surface area contributed by atoms with E-state index < -0.39 is 5.92 Å². The van der Waals surface area contributed by atoms with Crippen LogP contribution in [-0.4, -0.2) is 25.0 Å². The molecule has 0 radical (unpaired) electrons. The second kappa shape index (κ2) is 8.41. The van der Waals surface area contributed by atoms with Crippen molar-refractivity contribution >= 4 is 17.8 Å². The zero-order valence-corrected chi connectivity index (χ0v) is 19.6. The molecular weight excluding hydrogens is 472 g/mol. The number of ketones is 1. The molecule has 3 aromatic carbocycles. The van der Waals surface area contributed by atoms with Gasteiger partial charge in [0.25, 0.3) is 0 Å². The number of furan rings is 1. The summed E-state index contributed by atoms with van der Waals surface area (Å²) in [5, 5.41) is 0. The molecule has 4 aromatic rings. The molecular formula is C30H20O7. The molecule has 7 nitrogen and oxygen atoms in total. The number of Topliss-reactive ketones (excluding diaryl/α,β-unsaturated/α-hetero) is 1. The van der Waals surface area contributed by atoms with Gasteiger partial charge in [-0.2, -0.15) is 0 Å². The Hall–Kier alpha value is -4.78. The fraction of sp³-hybridized carbons (Fsp3) is 0.133. The van der Waals surface area contributed by atoms with Gasteiger partial charge in [0, 0.05) is 11.1 Å². The van der Waals surface area contributed by atoms with Crippen LogP contribution in [-0.2, 0) is 4.79 Å². The molecule has 37 heavy (non-hydrogen) atoms. The summed E-state index contributed by atoms with van der Waals surface area (Å²) in [6.45, 7) is 0.975. The van der Waals surface area contributed by atoms with E-state index in [1.165, 1.54) is 0 Å². The zero-order chi connectivity index (χ0) is 24.9. The number of ether oxygens (including phenoxy) is 4. The van der Waals surface area contributed by atoms with Gasteiger partial charge < -0.3 is 23.4 Å². The van der Waals surface area contributed by atoms with Crippen LogP contribution < -0.4 is 18.9 Å². The van der Waals surface area contributed by atoms with Crippen molar-refractivity contribution in [1.82, 2.24) is 0 Å². The quantitative estimate of drug-likeness (QED) is 0.204. The number of benzene rings is 3. The van der Waals surface area contributed by atoms with Gasteiger partial charge in [-0.15, -0.1) is 0 Å². The first-order valence-corrected chi connectivity index (χ1v) is 12.0. The summed E-state index contributed by atoms with van der Waals surface area (Å²) in [4.78, 5) is 25.8. The third-order valence-corrected chi connectivity index (χ3v) is 6.67. The maximum Gasteiger partial charge on any atom is 0.312 e. The number of allylic oxidation sites excluding steroid dienone is 1. The lowest BCUT2D eigenvalue weighted by Crippen LogP contribution is -2.21. The topological polar surface area (TPSA) is 84.2 Å². The molecule has 0 aliphatic carbocycles. The summed E-state index contributed by atoms with van der Waals surface area (Å²) in [6.07, 6.45) is 1.75. The van der Waals surface area contributed by atoms with E-state index in [0.29, 0.717) is 58.9 Å². The second-order valence-electron chi connectivity index (χ2n) is 9.00. The fourth-order valence-corrected chi connectivity index (χ4v) is 4.95. The highest BCUT2D eigenvalue weighted by Gasteiger charge is 2.39. The largest absolute Gasteiger partial charge is 0.486 e. The van der Waals surface area contributed by atoms with E-state index in [1.54, 1.807) is 18.2 Å². The van der Waals surface area contributed by atoms with E-state index in [0.717, 1.165) is 11.1 Å². The molecule has 0 unspecified atom stereocenters. The predicted molar refractivity (Wildman–Crippen MR) is 133 cm³/mol. The van der Waals surface area contributed by atoms with E-state index in [4.69, 9.17) is 23.4 Å². The van der Waals surface area contributed by atoms with Crippen molar-refractivity contribution in [3.05, 3.63) is 101 Å². The Morgan fingerprint density at radius 1 is 0.784 bits per heavy atom. The van der Waals surface area contributed by atoms with Crippen LogP contribution in [0.2, 0.25) is 0 Å². The summed E-state index contributed by atoms with van der Waals surface area (Å²) in [7, 11) is 0. The van der Waals surface area contributed by atoms with E-state index >= 15 is 0 Å². The van der Waals surface area contributed by atoms with E-state index in [1.807, 2.05) is 60.7 Å². The number of esters is 1. The van der Waals surface area contributed by atoms with Crippen molar-refractivity contribution in [2.45, 2.75) is 12.3 Å². The van der Waals surface area contributed by atoms with Crippen LogP contribution in [0.5, 0.6) is 23.0 Å². The number of hydrogen-bond acceptors (Lipinski definition) is 7. The monoisotopic (exact) mass is 492 g/mol. The van der Waals surface area contributed by atoms with Crippen LogP contribution in [0.15, 0.2) is 83.0 Å². The van der Waals surface area contributed by atoms with Crippen molar-refractivity contribution < 1.29 is 33.0 Å². The average Bonchev–Trinajstić information content (AvgIpc) is 3.54. The first-order valence-electron chi connectivity index (χ1n) is 12.0. The van der Waals surface area contributed by atoms with Crippen molar-refractivity contribution in [3.63, 3.8) is 0 Å². The van der Waals surface area contributed by atoms with E-state index in [2.05, 4.69) is 0 Å². The Labute approximate surface area is 211 Å². The summed E-state index contributed by atoms with van der Waals surface area (Å²) in [5.41, 5.74) is 2.72. The highest BCUT2D eigenvalue weighted by atomic mass is 16.6. The number of rotatable bonds is 3. The van der Waals surface area contributed by atoms with Crippen LogP contribution in [0, 0.1) is 0 Å². The lowest BCUT2D eigenvalue weighted by atomic mass is 9.88. The van der Waals surface area contributed by atoms with Crippen LogP contribution in [0.25, 0.3) is 17.4 Å². The summed E-state index contributed by atoms with van der Waals surface area (Å²) >= 11 is 0. The first-order chi connectivity index (χ1) is 18.1. The normalized spacial score (nSPS) is 18.7. The van der Waals surface area contributed by atoms with Crippen LogP contribution >= 0.6 is 0 Å². The Kier molecular flexibility index (Phi) is 4.89. The number of carbonyl (C=O) groups excluding carboxylic acids is 2. The summed E-state index contributed by atoms with van der Waals surface area (Å²) < 4.78 is 29.1. The minimum Gasteiger partial charge on any atom is -0.486 e. The Bertz CT molecular complexity index is 1600. The first kappa shape index (κ1) is 21.5. The summed E-state index contributed by atoms with van der Waals surface area (Å²) in [6, 6.07) is 22.2. The lowest BCUT2D eigenvalue weighted by Gasteiger charge is -2.24. The molecule has 7 rings (SSSR count). The minimum atomic E-state index is -0.454. The molecule has 1 atom stereocenters. The number of carbonyl (C=O) groups is 2. The van der Waals surface area contributed by atoms with E-state index in [-0.39, 0.29) is 23.9 Å². The molecule has 0 saturated heterocycles. The minimum absolute atomic E-state index is 0.0734. The van der Waals surface area contributed by atoms with Crippen LogP contribution in [0.3, 0.4) is 0 Å². The second-order valence-corrected chi connectivity index (χ2v) is 9.00. The van der Waals surface area contributed by atoms with Gasteiger partial charge in [-0.1, -0.05) is 36.4 Å². The maximum absolute atomic E-state index is 13.3. The third kappa shape index (κ3) is 3.67. The van der Waals surface area contributed by atoms with Gasteiger partial charge in [0.1, 0.15) is 36.2 Å². The molecule has 1 aromatic heterocycles. The molecule has 182 valence electrons. The molecule has 3 aliphatic heterocycles. The smallest absolute Gasteiger partial charge is 0.312 e. The SMILES string of the molecule is O=C1C[C@@H](c2ccc(-c3ccccc3)o2)c2c(ccc3c2O/C(=C\c2ccc4c(c2)OCCO4)C3=O)O1. The fourth-order valence-electron chi connectivity index (χ4n) is 4.95. The maximum atomic E-state index is 13.3. The highest BCUT2D eigenvalue weighted by Crippen LogP contribution is 2.49. The molecule has 3 aliphatic rings. The average molecular weight is 492 g/mol. The molecule has 4 heterocycles. The Morgan fingerprint density at radius 3 is 2.46 bits per heavy atom. The van der Waals surface area contributed by atoms with Gasteiger partial charge >= 0.3 is 5.97 Å². The van der Waals surface area contributed by atoms with Crippen LogP contribution in [0.4, 0.5) is 0 Å². The molecule has 0 spiro atoms. The van der Waals surface area contributed by atoms with Gasteiger partial charge in [-0.3, -0.25) is 9.59 Å².